The highest BCUT2D eigenvalue weighted by Crippen LogP contribution is 2.24. The largest absolute Gasteiger partial charge is 0.494 e. The zero-order valence-electron chi connectivity index (χ0n) is 11.3. The van der Waals surface area contributed by atoms with Crippen LogP contribution in [0.2, 0.25) is 0 Å². The number of nitro benzene ring substituents is 1. The van der Waals surface area contributed by atoms with Crippen LogP contribution in [0, 0.1) is 10.1 Å². The number of hydrogen-bond acceptors (Lipinski definition) is 5. The molecule has 0 N–H and O–H groups in total. The van der Waals surface area contributed by atoms with E-state index >= 15 is 0 Å². The third kappa shape index (κ3) is 2.29. The Bertz CT molecular complexity index is 813. The molecular weight excluding hydrogens is 272 g/mol. The molecule has 0 spiro atoms. The number of para-hydroxylation sites is 1. The quantitative estimate of drug-likeness (QED) is 0.542. The van der Waals surface area contributed by atoms with E-state index < -0.39 is 4.92 Å². The van der Waals surface area contributed by atoms with Crippen molar-refractivity contribution in [3.8, 4) is 5.75 Å². The fourth-order valence-corrected chi connectivity index (χ4v) is 2.23. The molecular formula is C14H12N4O3. The Morgan fingerprint density at radius 2 is 2.05 bits per heavy atom. The normalized spacial score (nSPS) is 10.7. The average molecular weight is 284 g/mol. The molecule has 0 fully saturated rings. The summed E-state index contributed by atoms with van der Waals surface area (Å²) in [6.45, 7) is 0.279. The van der Waals surface area contributed by atoms with E-state index in [-0.39, 0.29) is 12.2 Å². The highest BCUT2D eigenvalue weighted by Gasteiger charge is 2.15. The molecule has 7 heteroatoms. The third-order valence-corrected chi connectivity index (χ3v) is 3.24. The molecule has 3 rings (SSSR count). The summed E-state index contributed by atoms with van der Waals surface area (Å²) in [5.41, 5.74) is 2.06. The molecule has 0 aliphatic rings. The maximum absolute atomic E-state index is 11.1. The molecule has 1 aromatic heterocycles. The monoisotopic (exact) mass is 284 g/mol. The van der Waals surface area contributed by atoms with Crippen LogP contribution in [-0.4, -0.2) is 27.0 Å². The Labute approximate surface area is 119 Å². The lowest BCUT2D eigenvalue weighted by Crippen LogP contribution is -2.04. The van der Waals surface area contributed by atoms with Crippen LogP contribution in [0.3, 0.4) is 0 Å². The molecule has 7 nitrogen and oxygen atoms in total. The molecule has 0 aliphatic carbocycles. The van der Waals surface area contributed by atoms with Crippen molar-refractivity contribution in [1.82, 2.24) is 15.0 Å². The molecule has 0 saturated heterocycles. The van der Waals surface area contributed by atoms with Gasteiger partial charge in [-0.1, -0.05) is 29.5 Å². The number of nitro groups is 1. The molecule has 0 atom stereocenters. The zero-order chi connectivity index (χ0) is 14.8. The number of nitrogens with zero attached hydrogens (tertiary/aromatic N) is 4. The van der Waals surface area contributed by atoms with Gasteiger partial charge in [0.25, 0.3) is 5.69 Å². The molecule has 0 aliphatic heterocycles. The maximum atomic E-state index is 11.1. The van der Waals surface area contributed by atoms with E-state index in [2.05, 4.69) is 10.3 Å². The standard InChI is InChI=1S/C14H12N4O3/c1-21-13-8-4-7-12-14(13)15-16-17(12)9-10-5-2-3-6-11(10)18(19)20/h2-8H,9H2,1H3. The summed E-state index contributed by atoms with van der Waals surface area (Å²) in [4.78, 5) is 10.7. The van der Waals surface area contributed by atoms with Crippen LogP contribution in [0.5, 0.6) is 5.75 Å². The van der Waals surface area contributed by atoms with Crippen molar-refractivity contribution in [2.45, 2.75) is 6.54 Å². The molecule has 3 aromatic rings. The van der Waals surface area contributed by atoms with Gasteiger partial charge in [0.15, 0.2) is 5.52 Å². The summed E-state index contributed by atoms with van der Waals surface area (Å²) in [6, 6.07) is 12.1. The molecule has 0 bridgehead atoms. The summed E-state index contributed by atoms with van der Waals surface area (Å²) in [7, 11) is 1.57. The van der Waals surface area contributed by atoms with Crippen LogP contribution >= 0.6 is 0 Å². The topological polar surface area (TPSA) is 83.1 Å². The predicted molar refractivity (Wildman–Crippen MR) is 76.3 cm³/mol. The molecule has 0 saturated carbocycles. The second-order valence-corrected chi connectivity index (χ2v) is 4.46. The van der Waals surface area contributed by atoms with E-state index in [1.807, 2.05) is 12.1 Å². The number of ether oxygens (including phenoxy) is 1. The molecule has 1 heterocycles. The van der Waals surface area contributed by atoms with Gasteiger partial charge in [0, 0.05) is 6.07 Å². The van der Waals surface area contributed by atoms with Crippen LogP contribution in [-0.2, 0) is 6.54 Å². The summed E-state index contributed by atoms with van der Waals surface area (Å²) < 4.78 is 6.85. The second-order valence-electron chi connectivity index (χ2n) is 4.46. The number of rotatable bonds is 4. The van der Waals surface area contributed by atoms with Gasteiger partial charge in [0.1, 0.15) is 5.75 Å². The Morgan fingerprint density at radius 1 is 1.24 bits per heavy atom. The van der Waals surface area contributed by atoms with Crippen molar-refractivity contribution in [2.24, 2.45) is 0 Å². The van der Waals surface area contributed by atoms with Crippen molar-refractivity contribution < 1.29 is 9.66 Å². The number of hydrogen-bond donors (Lipinski definition) is 0. The molecule has 0 amide bonds. The van der Waals surface area contributed by atoms with Gasteiger partial charge in [-0.05, 0) is 12.1 Å². The summed E-state index contributed by atoms with van der Waals surface area (Å²) in [5.74, 6) is 0.626. The van der Waals surface area contributed by atoms with Crippen LogP contribution in [0.15, 0.2) is 42.5 Å². The highest BCUT2D eigenvalue weighted by molar-refractivity contribution is 5.81. The van der Waals surface area contributed by atoms with E-state index in [1.165, 1.54) is 6.07 Å². The van der Waals surface area contributed by atoms with Crippen LogP contribution in [0.1, 0.15) is 5.56 Å². The Morgan fingerprint density at radius 3 is 2.81 bits per heavy atom. The van der Waals surface area contributed by atoms with Crippen LogP contribution in [0.25, 0.3) is 11.0 Å². The SMILES string of the molecule is COc1cccc2c1nnn2Cc1ccccc1[N+](=O)[O-]. The number of methoxy groups -OCH3 is 1. The molecule has 2 aromatic carbocycles. The minimum absolute atomic E-state index is 0.0732. The minimum atomic E-state index is -0.394. The van der Waals surface area contributed by atoms with Gasteiger partial charge in [-0.3, -0.25) is 10.1 Å². The van der Waals surface area contributed by atoms with Gasteiger partial charge < -0.3 is 4.74 Å². The summed E-state index contributed by atoms with van der Waals surface area (Å²) in [5, 5.41) is 19.2. The van der Waals surface area contributed by atoms with Crippen molar-refractivity contribution in [2.75, 3.05) is 7.11 Å². The van der Waals surface area contributed by atoms with Crippen molar-refractivity contribution in [3.05, 3.63) is 58.1 Å². The molecule has 0 radical (unpaired) electrons. The minimum Gasteiger partial charge on any atom is -0.494 e. The second kappa shape index (κ2) is 5.20. The molecule has 21 heavy (non-hydrogen) atoms. The third-order valence-electron chi connectivity index (χ3n) is 3.24. The zero-order valence-corrected chi connectivity index (χ0v) is 11.3. The number of aromatic nitrogens is 3. The molecule has 106 valence electrons. The lowest BCUT2D eigenvalue weighted by Gasteiger charge is -2.04. The lowest BCUT2D eigenvalue weighted by atomic mass is 10.2. The van der Waals surface area contributed by atoms with Crippen molar-refractivity contribution >= 4 is 16.7 Å². The van der Waals surface area contributed by atoms with E-state index in [1.54, 1.807) is 36.1 Å². The average Bonchev–Trinajstić information content (AvgIpc) is 2.91. The smallest absolute Gasteiger partial charge is 0.274 e. The first kappa shape index (κ1) is 13.0. The lowest BCUT2D eigenvalue weighted by molar-refractivity contribution is -0.385. The Balaban J connectivity index is 2.05. The van der Waals surface area contributed by atoms with Gasteiger partial charge in [0.05, 0.1) is 29.7 Å². The Hall–Kier alpha value is -2.96. The van der Waals surface area contributed by atoms with Crippen molar-refractivity contribution in [3.63, 3.8) is 0 Å². The van der Waals surface area contributed by atoms with E-state index in [0.29, 0.717) is 16.8 Å². The maximum Gasteiger partial charge on any atom is 0.274 e. The van der Waals surface area contributed by atoms with E-state index in [0.717, 1.165) is 5.52 Å². The van der Waals surface area contributed by atoms with E-state index in [4.69, 9.17) is 4.74 Å². The van der Waals surface area contributed by atoms with Gasteiger partial charge in [-0.25, -0.2) is 4.68 Å². The summed E-state index contributed by atoms with van der Waals surface area (Å²) in [6.07, 6.45) is 0. The van der Waals surface area contributed by atoms with Gasteiger partial charge in [0.2, 0.25) is 0 Å². The molecule has 0 unspecified atom stereocenters. The summed E-state index contributed by atoms with van der Waals surface area (Å²) >= 11 is 0. The number of fused-ring (bicyclic) bond motifs is 1. The predicted octanol–water partition coefficient (Wildman–Crippen LogP) is 2.40. The number of benzene rings is 2. The first-order valence-electron chi connectivity index (χ1n) is 6.29. The first-order valence-corrected chi connectivity index (χ1v) is 6.29. The van der Waals surface area contributed by atoms with Crippen molar-refractivity contribution in [1.29, 1.82) is 0 Å². The van der Waals surface area contributed by atoms with Gasteiger partial charge >= 0.3 is 0 Å². The van der Waals surface area contributed by atoms with Gasteiger partial charge in [-0.2, -0.15) is 0 Å². The van der Waals surface area contributed by atoms with Crippen LogP contribution in [0.4, 0.5) is 5.69 Å². The first-order chi connectivity index (χ1) is 10.2. The fraction of sp³-hybridized carbons (Fsp3) is 0.143. The van der Waals surface area contributed by atoms with Crippen LogP contribution < -0.4 is 4.74 Å². The highest BCUT2D eigenvalue weighted by atomic mass is 16.6. The van der Waals surface area contributed by atoms with Gasteiger partial charge in [-0.15, -0.1) is 5.10 Å². The fourth-order valence-electron chi connectivity index (χ4n) is 2.23. The Kier molecular flexibility index (Phi) is 3.23. The van der Waals surface area contributed by atoms with E-state index in [9.17, 15) is 10.1 Å².